The van der Waals surface area contributed by atoms with E-state index in [1.807, 2.05) is 26.1 Å². The normalized spacial score (nSPS) is 12.7. The van der Waals surface area contributed by atoms with E-state index >= 15 is 0 Å². The lowest BCUT2D eigenvalue weighted by Gasteiger charge is -2.29. The van der Waals surface area contributed by atoms with Crippen LogP contribution in [0.25, 0.3) is 0 Å². The van der Waals surface area contributed by atoms with Crippen molar-refractivity contribution in [2.75, 3.05) is 25.1 Å². The summed E-state index contributed by atoms with van der Waals surface area (Å²) >= 11 is 0. The Morgan fingerprint density at radius 3 is 2.42 bits per heavy atom. The molecule has 0 aliphatic heterocycles. The molecule has 0 aliphatic rings. The quantitative estimate of drug-likeness (QED) is 0.708. The highest BCUT2D eigenvalue weighted by Gasteiger charge is 2.14. The molecule has 0 spiro atoms. The molecular formula is C15H26N2O2. The van der Waals surface area contributed by atoms with Crippen LogP contribution in [-0.4, -0.2) is 36.5 Å². The number of phenolic OH excluding ortho intramolecular Hbond substituents is 1. The molecule has 0 fully saturated rings. The van der Waals surface area contributed by atoms with E-state index in [4.69, 9.17) is 5.11 Å². The molecule has 1 unspecified atom stereocenters. The number of aliphatic hydroxyl groups is 1. The number of anilines is 1. The van der Waals surface area contributed by atoms with Gasteiger partial charge in [-0.05, 0) is 40.3 Å². The molecule has 1 atom stereocenters. The van der Waals surface area contributed by atoms with Crippen LogP contribution in [-0.2, 0) is 0 Å². The van der Waals surface area contributed by atoms with Crippen LogP contribution in [0.15, 0.2) is 18.2 Å². The molecule has 0 saturated carbocycles. The Hall–Kier alpha value is -1.26. The van der Waals surface area contributed by atoms with Crippen LogP contribution >= 0.6 is 0 Å². The number of phenols is 1. The van der Waals surface area contributed by atoms with Crippen LogP contribution in [0.3, 0.4) is 0 Å². The summed E-state index contributed by atoms with van der Waals surface area (Å²) in [6, 6.07) is 6.25. The number of benzene rings is 1. The second kappa shape index (κ2) is 7.36. The van der Waals surface area contributed by atoms with Crippen LogP contribution in [0.4, 0.5) is 5.69 Å². The van der Waals surface area contributed by atoms with E-state index < -0.39 is 0 Å². The zero-order chi connectivity index (χ0) is 14.4. The van der Waals surface area contributed by atoms with Crippen LogP contribution < -0.4 is 10.2 Å². The maximum Gasteiger partial charge on any atom is 0.122 e. The zero-order valence-electron chi connectivity index (χ0n) is 12.3. The second-order valence-electron chi connectivity index (χ2n) is 5.12. The Kier molecular flexibility index (Phi) is 6.12. The van der Waals surface area contributed by atoms with Crippen molar-refractivity contribution in [2.45, 2.75) is 39.3 Å². The lowest BCUT2D eigenvalue weighted by molar-refractivity contribution is 0.288. The maximum atomic E-state index is 10.1. The summed E-state index contributed by atoms with van der Waals surface area (Å²) in [6.07, 6.45) is 0.730. The van der Waals surface area contributed by atoms with Gasteiger partial charge in [-0.15, -0.1) is 0 Å². The molecule has 0 heterocycles. The number of nitrogens with zero attached hydrogens (tertiary/aromatic N) is 1. The zero-order valence-corrected chi connectivity index (χ0v) is 12.3. The molecule has 4 heteroatoms. The summed E-state index contributed by atoms with van der Waals surface area (Å²) in [5, 5.41) is 22.2. The molecule has 0 saturated heterocycles. The second-order valence-corrected chi connectivity index (χ2v) is 5.12. The molecular weight excluding hydrogens is 240 g/mol. The van der Waals surface area contributed by atoms with Crippen molar-refractivity contribution >= 4 is 5.69 Å². The average Bonchev–Trinajstić information content (AvgIpc) is 2.38. The Labute approximate surface area is 116 Å². The monoisotopic (exact) mass is 266 g/mol. The number of hydrogen-bond donors (Lipinski definition) is 3. The molecule has 1 aromatic carbocycles. The highest BCUT2D eigenvalue weighted by molar-refractivity contribution is 5.54. The summed E-state index contributed by atoms with van der Waals surface area (Å²) < 4.78 is 0. The summed E-state index contributed by atoms with van der Waals surface area (Å²) in [5.41, 5.74) is 1.89. The highest BCUT2D eigenvalue weighted by atomic mass is 16.3. The van der Waals surface area contributed by atoms with Gasteiger partial charge in [0.15, 0.2) is 0 Å². The summed E-state index contributed by atoms with van der Waals surface area (Å²) in [7, 11) is 1.87. The highest BCUT2D eigenvalue weighted by Crippen LogP contribution is 2.29. The molecule has 1 aromatic rings. The van der Waals surface area contributed by atoms with Gasteiger partial charge in [0.2, 0.25) is 0 Å². The fourth-order valence-corrected chi connectivity index (χ4v) is 2.16. The Morgan fingerprint density at radius 2 is 1.95 bits per heavy atom. The van der Waals surface area contributed by atoms with Crippen LogP contribution in [0.1, 0.15) is 38.8 Å². The lowest BCUT2D eigenvalue weighted by Crippen LogP contribution is -2.32. The third kappa shape index (κ3) is 4.11. The summed E-state index contributed by atoms with van der Waals surface area (Å²) in [6.45, 7) is 7.20. The maximum absolute atomic E-state index is 10.1. The van der Waals surface area contributed by atoms with Gasteiger partial charge >= 0.3 is 0 Å². The SMILES string of the molecule is CNC(C)c1ccc(N(CCCO)C(C)C)cc1O. The Balaban J connectivity index is 2.96. The minimum atomic E-state index is 0.124. The van der Waals surface area contributed by atoms with Gasteiger partial charge in [-0.3, -0.25) is 0 Å². The average molecular weight is 266 g/mol. The molecule has 1 rings (SSSR count). The van der Waals surface area contributed by atoms with Gasteiger partial charge in [-0.2, -0.15) is 0 Å². The third-order valence-corrected chi connectivity index (χ3v) is 3.43. The molecule has 0 radical (unpaired) electrons. The molecule has 0 aromatic heterocycles. The topological polar surface area (TPSA) is 55.7 Å². The van der Waals surface area contributed by atoms with E-state index in [0.29, 0.717) is 11.8 Å². The van der Waals surface area contributed by atoms with Gasteiger partial charge in [0.05, 0.1) is 0 Å². The van der Waals surface area contributed by atoms with E-state index in [2.05, 4.69) is 24.1 Å². The number of rotatable bonds is 7. The number of aliphatic hydroxyl groups excluding tert-OH is 1. The van der Waals surface area contributed by atoms with Crippen molar-refractivity contribution in [2.24, 2.45) is 0 Å². The van der Waals surface area contributed by atoms with E-state index in [0.717, 1.165) is 24.2 Å². The van der Waals surface area contributed by atoms with Crippen molar-refractivity contribution in [1.82, 2.24) is 5.32 Å². The molecule has 19 heavy (non-hydrogen) atoms. The van der Waals surface area contributed by atoms with Crippen molar-refractivity contribution < 1.29 is 10.2 Å². The summed E-state index contributed by atoms with van der Waals surface area (Å²) in [4.78, 5) is 2.18. The first-order chi connectivity index (χ1) is 9.01. The van der Waals surface area contributed by atoms with Gasteiger partial charge in [-0.1, -0.05) is 6.07 Å². The minimum absolute atomic E-state index is 0.124. The summed E-state index contributed by atoms with van der Waals surface area (Å²) in [5.74, 6) is 0.314. The largest absolute Gasteiger partial charge is 0.508 e. The van der Waals surface area contributed by atoms with Gasteiger partial charge in [0.25, 0.3) is 0 Å². The third-order valence-electron chi connectivity index (χ3n) is 3.43. The lowest BCUT2D eigenvalue weighted by atomic mass is 10.1. The van der Waals surface area contributed by atoms with Gasteiger partial charge in [0, 0.05) is 42.6 Å². The Bertz CT molecular complexity index is 394. The predicted molar refractivity (Wildman–Crippen MR) is 79.8 cm³/mol. The standard InChI is InChI=1S/C15H26N2O2/c1-11(2)17(8-5-9-18)13-6-7-14(12(3)16-4)15(19)10-13/h6-7,10-12,16,18-19H,5,8-9H2,1-4H3. The van der Waals surface area contributed by atoms with Crippen molar-refractivity contribution in [3.63, 3.8) is 0 Å². The number of aromatic hydroxyl groups is 1. The first kappa shape index (κ1) is 15.8. The van der Waals surface area contributed by atoms with E-state index in [1.165, 1.54) is 0 Å². The smallest absolute Gasteiger partial charge is 0.122 e. The van der Waals surface area contributed by atoms with E-state index in [1.54, 1.807) is 6.07 Å². The first-order valence-electron chi connectivity index (χ1n) is 6.89. The van der Waals surface area contributed by atoms with Gasteiger partial charge in [-0.25, -0.2) is 0 Å². The van der Waals surface area contributed by atoms with Crippen LogP contribution in [0, 0.1) is 0 Å². The molecule has 0 bridgehead atoms. The fraction of sp³-hybridized carbons (Fsp3) is 0.600. The molecule has 108 valence electrons. The molecule has 0 aliphatic carbocycles. The minimum Gasteiger partial charge on any atom is -0.508 e. The van der Waals surface area contributed by atoms with Gasteiger partial charge < -0.3 is 20.4 Å². The van der Waals surface area contributed by atoms with Crippen molar-refractivity contribution in [1.29, 1.82) is 0 Å². The number of nitrogens with one attached hydrogen (secondary N) is 1. The van der Waals surface area contributed by atoms with Gasteiger partial charge in [0.1, 0.15) is 5.75 Å². The van der Waals surface area contributed by atoms with Crippen LogP contribution in [0.2, 0.25) is 0 Å². The first-order valence-corrected chi connectivity index (χ1v) is 6.89. The fourth-order valence-electron chi connectivity index (χ4n) is 2.16. The van der Waals surface area contributed by atoms with Crippen molar-refractivity contribution in [3.8, 4) is 5.75 Å². The predicted octanol–water partition coefficient (Wildman–Crippen LogP) is 2.27. The van der Waals surface area contributed by atoms with Crippen LogP contribution in [0.5, 0.6) is 5.75 Å². The number of hydrogen-bond acceptors (Lipinski definition) is 4. The molecule has 0 amide bonds. The molecule has 3 N–H and O–H groups in total. The Morgan fingerprint density at radius 1 is 1.26 bits per heavy atom. The van der Waals surface area contributed by atoms with Crippen molar-refractivity contribution in [3.05, 3.63) is 23.8 Å². The van der Waals surface area contributed by atoms with E-state index in [-0.39, 0.29) is 12.6 Å². The molecule has 4 nitrogen and oxygen atoms in total. The van der Waals surface area contributed by atoms with E-state index in [9.17, 15) is 5.11 Å².